The Hall–Kier alpha value is -0.800. The van der Waals surface area contributed by atoms with Gasteiger partial charge in [-0.05, 0) is 11.8 Å². The predicted octanol–water partition coefficient (Wildman–Crippen LogP) is 2.32. The van der Waals surface area contributed by atoms with Crippen molar-refractivity contribution in [2.45, 2.75) is 32.6 Å². The minimum absolute atomic E-state index is 0.0613. The van der Waals surface area contributed by atoms with E-state index in [0.717, 1.165) is 0 Å². The maximum absolute atomic E-state index is 13.7. The smallest absolute Gasteiger partial charge is 0.252 e. The molecule has 0 amide bonds. The molecular weight excluding hydrogens is 214 g/mol. The highest BCUT2D eigenvalue weighted by atomic mass is 19.3. The largest absolute Gasteiger partial charge is 0.303 e. The second-order valence-corrected chi connectivity index (χ2v) is 5.30. The van der Waals surface area contributed by atoms with E-state index in [1.54, 1.807) is 0 Å². The highest BCUT2D eigenvalue weighted by Crippen LogP contribution is 2.53. The molecule has 0 aromatic heterocycles. The molecule has 0 aromatic carbocycles. The molecule has 0 unspecified atom stereocenters. The molecular formula is C12H16F2O2. The molecule has 0 bridgehead atoms. The molecule has 2 nitrogen and oxygen atoms in total. The number of halogens is 2. The van der Waals surface area contributed by atoms with E-state index >= 15 is 0 Å². The van der Waals surface area contributed by atoms with Crippen LogP contribution in [0.4, 0.5) is 8.78 Å². The summed E-state index contributed by atoms with van der Waals surface area (Å²) >= 11 is 0. The van der Waals surface area contributed by atoms with E-state index in [4.69, 9.17) is 0 Å². The summed E-state index contributed by atoms with van der Waals surface area (Å²) in [4.78, 5) is 22.6. The third-order valence-corrected chi connectivity index (χ3v) is 4.40. The second kappa shape index (κ2) is 3.60. The number of carbonyl (C=O) groups excluding carboxylic acids is 2. The van der Waals surface area contributed by atoms with Gasteiger partial charge in [-0.25, -0.2) is 8.78 Å². The fraction of sp³-hybridized carbons (Fsp3) is 0.833. The van der Waals surface area contributed by atoms with E-state index in [0.29, 0.717) is 12.7 Å². The molecule has 0 heterocycles. The molecule has 2 aliphatic carbocycles. The van der Waals surface area contributed by atoms with Gasteiger partial charge in [0, 0.05) is 30.6 Å². The summed E-state index contributed by atoms with van der Waals surface area (Å²) < 4.78 is 27.3. The molecule has 2 aliphatic rings. The van der Waals surface area contributed by atoms with E-state index in [1.807, 2.05) is 6.92 Å². The van der Waals surface area contributed by atoms with Gasteiger partial charge in [-0.2, -0.15) is 0 Å². The second-order valence-electron chi connectivity index (χ2n) is 5.30. The maximum atomic E-state index is 13.7. The lowest BCUT2D eigenvalue weighted by molar-refractivity contribution is -0.155. The van der Waals surface area contributed by atoms with E-state index < -0.39 is 23.7 Å². The van der Waals surface area contributed by atoms with Crippen molar-refractivity contribution >= 4 is 12.1 Å². The van der Waals surface area contributed by atoms with Crippen LogP contribution in [0.15, 0.2) is 0 Å². The van der Waals surface area contributed by atoms with Gasteiger partial charge in [0.2, 0.25) is 0 Å². The number of Topliss-reactive ketones (excluding diaryl/α,β-unsaturated/α-hetero) is 1. The number of alkyl halides is 2. The van der Waals surface area contributed by atoms with E-state index in [2.05, 4.69) is 0 Å². The number of carbonyl (C=O) groups is 2. The van der Waals surface area contributed by atoms with E-state index in [9.17, 15) is 18.4 Å². The van der Waals surface area contributed by atoms with E-state index in [1.165, 1.54) is 6.92 Å². The van der Waals surface area contributed by atoms with Crippen molar-refractivity contribution in [1.82, 2.24) is 0 Å². The highest BCUT2D eigenvalue weighted by Gasteiger charge is 2.58. The zero-order valence-electron chi connectivity index (χ0n) is 9.45. The van der Waals surface area contributed by atoms with Gasteiger partial charge in [0.05, 0.1) is 0 Å². The Bertz CT molecular complexity index is 327. The van der Waals surface area contributed by atoms with Crippen LogP contribution in [0.2, 0.25) is 0 Å². The van der Waals surface area contributed by atoms with Gasteiger partial charge < -0.3 is 4.79 Å². The van der Waals surface area contributed by atoms with Crippen LogP contribution in [-0.2, 0) is 9.59 Å². The summed E-state index contributed by atoms with van der Waals surface area (Å²) in [6.45, 7) is 3.31. The highest BCUT2D eigenvalue weighted by molar-refractivity contribution is 5.85. The van der Waals surface area contributed by atoms with Crippen LogP contribution < -0.4 is 0 Å². The van der Waals surface area contributed by atoms with Crippen molar-refractivity contribution in [2.75, 3.05) is 0 Å². The van der Waals surface area contributed by atoms with Crippen molar-refractivity contribution in [3.05, 3.63) is 0 Å². The monoisotopic (exact) mass is 230 g/mol. The lowest BCUT2D eigenvalue weighted by Crippen LogP contribution is -2.47. The zero-order valence-corrected chi connectivity index (χ0v) is 9.45. The molecule has 0 spiro atoms. The quantitative estimate of drug-likeness (QED) is 0.648. The summed E-state index contributed by atoms with van der Waals surface area (Å²) in [6.07, 6.45) is 0.610. The molecule has 0 radical (unpaired) electrons. The first-order chi connectivity index (χ1) is 7.38. The summed E-state index contributed by atoms with van der Waals surface area (Å²) in [5.41, 5.74) is 0. The number of hydrogen-bond acceptors (Lipinski definition) is 2. The molecule has 0 saturated heterocycles. The molecule has 0 N–H and O–H groups in total. The third-order valence-electron chi connectivity index (χ3n) is 4.40. The van der Waals surface area contributed by atoms with Crippen molar-refractivity contribution in [3.63, 3.8) is 0 Å². The Kier molecular flexibility index (Phi) is 2.63. The Labute approximate surface area is 93.4 Å². The number of rotatable bonds is 1. The van der Waals surface area contributed by atoms with Crippen molar-refractivity contribution < 1.29 is 18.4 Å². The average Bonchev–Trinajstić information content (AvgIpc) is 2.44. The summed E-state index contributed by atoms with van der Waals surface area (Å²) in [7, 11) is 0. The zero-order chi connectivity index (χ0) is 12.1. The van der Waals surface area contributed by atoms with Crippen LogP contribution in [-0.4, -0.2) is 18.0 Å². The first-order valence-electron chi connectivity index (χ1n) is 5.74. The van der Waals surface area contributed by atoms with Crippen LogP contribution in [0.1, 0.15) is 26.7 Å². The van der Waals surface area contributed by atoms with Gasteiger partial charge in [-0.15, -0.1) is 0 Å². The van der Waals surface area contributed by atoms with Gasteiger partial charge in [-0.1, -0.05) is 13.8 Å². The average molecular weight is 230 g/mol. The van der Waals surface area contributed by atoms with Crippen LogP contribution in [0.5, 0.6) is 0 Å². The standard InChI is InChI=1S/C12H16F2O2/c1-6-3-10(16)8-4-12(13,14)7(2)9(5-15)11(6)8/h5-9,11H,3-4H2,1-2H3/t6-,7-,8-,9-,11+/m0/s1. The molecule has 0 aromatic rings. The molecule has 16 heavy (non-hydrogen) atoms. The van der Waals surface area contributed by atoms with Crippen LogP contribution >= 0.6 is 0 Å². The molecule has 2 saturated carbocycles. The molecule has 2 rings (SSSR count). The SMILES string of the molecule is C[C@H]1CC(=O)[C@@H]2CC(F)(F)[C@@H](C)[C@H](C=O)[C@H]12. The van der Waals surface area contributed by atoms with Crippen molar-refractivity contribution in [1.29, 1.82) is 0 Å². The Morgan fingerprint density at radius 2 is 2.00 bits per heavy atom. The first-order valence-corrected chi connectivity index (χ1v) is 5.74. The molecule has 5 atom stereocenters. The molecule has 4 heteroatoms. The first kappa shape index (κ1) is 11.7. The Morgan fingerprint density at radius 1 is 1.38 bits per heavy atom. The molecule has 90 valence electrons. The van der Waals surface area contributed by atoms with Gasteiger partial charge in [0.15, 0.2) is 0 Å². The predicted molar refractivity (Wildman–Crippen MR) is 54.1 cm³/mol. The lowest BCUT2D eigenvalue weighted by atomic mass is 9.65. The maximum Gasteiger partial charge on any atom is 0.252 e. The Morgan fingerprint density at radius 3 is 2.56 bits per heavy atom. The fourth-order valence-electron chi connectivity index (χ4n) is 3.42. The molecule has 0 aliphatic heterocycles. The fourth-order valence-corrected chi connectivity index (χ4v) is 3.42. The van der Waals surface area contributed by atoms with Gasteiger partial charge in [-0.3, -0.25) is 4.79 Å². The van der Waals surface area contributed by atoms with E-state index in [-0.39, 0.29) is 24.0 Å². The number of hydrogen-bond donors (Lipinski definition) is 0. The normalized spacial score (nSPS) is 46.5. The minimum Gasteiger partial charge on any atom is -0.303 e. The van der Waals surface area contributed by atoms with Crippen molar-refractivity contribution in [3.8, 4) is 0 Å². The molecule has 2 fully saturated rings. The number of fused-ring (bicyclic) bond motifs is 1. The third kappa shape index (κ3) is 1.50. The van der Waals surface area contributed by atoms with Gasteiger partial charge in [0.1, 0.15) is 12.1 Å². The van der Waals surface area contributed by atoms with Crippen LogP contribution in [0, 0.1) is 29.6 Å². The van der Waals surface area contributed by atoms with Crippen LogP contribution in [0.3, 0.4) is 0 Å². The summed E-state index contributed by atoms with van der Waals surface area (Å²) in [5, 5.41) is 0. The minimum atomic E-state index is -2.88. The summed E-state index contributed by atoms with van der Waals surface area (Å²) in [6, 6.07) is 0. The van der Waals surface area contributed by atoms with Gasteiger partial charge in [0.25, 0.3) is 5.92 Å². The topological polar surface area (TPSA) is 34.1 Å². The van der Waals surface area contributed by atoms with Crippen molar-refractivity contribution in [2.24, 2.45) is 29.6 Å². The lowest BCUT2D eigenvalue weighted by Gasteiger charge is -2.41. The summed E-state index contributed by atoms with van der Waals surface area (Å²) in [5.74, 6) is -5.29. The number of aldehydes is 1. The number of ketones is 1. The van der Waals surface area contributed by atoms with Gasteiger partial charge >= 0.3 is 0 Å². The Balaban J connectivity index is 2.36. The van der Waals surface area contributed by atoms with Crippen LogP contribution in [0.25, 0.3) is 0 Å².